The maximum atomic E-state index is 12.3. The highest BCUT2D eigenvalue weighted by molar-refractivity contribution is 5.99. The predicted octanol–water partition coefficient (Wildman–Crippen LogP) is 1.75. The fourth-order valence-corrected chi connectivity index (χ4v) is 1.91. The van der Waals surface area contributed by atoms with Crippen LogP contribution in [0.15, 0.2) is 29.4 Å². The van der Waals surface area contributed by atoms with E-state index in [0.29, 0.717) is 5.56 Å². The summed E-state index contributed by atoms with van der Waals surface area (Å²) in [6.45, 7) is 5.79. The lowest BCUT2D eigenvalue weighted by atomic mass is 10.0. The van der Waals surface area contributed by atoms with Crippen molar-refractivity contribution in [1.29, 1.82) is 0 Å². The Morgan fingerprint density at radius 2 is 2.05 bits per heavy atom. The molecule has 0 aliphatic carbocycles. The van der Waals surface area contributed by atoms with Crippen LogP contribution in [0.3, 0.4) is 0 Å². The van der Waals surface area contributed by atoms with Crippen molar-refractivity contribution in [3.05, 3.63) is 35.4 Å². The molecule has 0 radical (unpaired) electrons. The van der Waals surface area contributed by atoms with E-state index in [4.69, 9.17) is 10.9 Å². The molecule has 0 heterocycles. The van der Waals surface area contributed by atoms with Crippen LogP contribution in [0.2, 0.25) is 0 Å². The zero-order valence-electron chi connectivity index (χ0n) is 11.6. The molecule has 104 valence electrons. The summed E-state index contributed by atoms with van der Waals surface area (Å²) >= 11 is 0. The van der Waals surface area contributed by atoms with Crippen LogP contribution < -0.4 is 11.1 Å². The van der Waals surface area contributed by atoms with Gasteiger partial charge in [0, 0.05) is 5.56 Å². The Balaban J connectivity index is 2.94. The molecule has 0 fully saturated rings. The molecule has 0 aliphatic rings. The monoisotopic (exact) mass is 263 g/mol. The van der Waals surface area contributed by atoms with E-state index in [9.17, 15) is 4.79 Å². The summed E-state index contributed by atoms with van der Waals surface area (Å²) < 4.78 is 0. The molecule has 0 saturated heterocycles. The van der Waals surface area contributed by atoms with Crippen molar-refractivity contribution in [3.63, 3.8) is 0 Å². The van der Waals surface area contributed by atoms with Gasteiger partial charge in [-0.05, 0) is 24.0 Å². The highest BCUT2D eigenvalue weighted by Crippen LogP contribution is 2.11. The molecule has 4 N–H and O–H groups in total. The standard InChI is InChI=1S/C14H21N3O2/c1-4-10-7-5-6-8-11(10)14(18)16-12(9(2)3)13(15)17-19/h5-9,12,19H,4H2,1-3H3,(H2,15,17)(H,16,18). The van der Waals surface area contributed by atoms with E-state index < -0.39 is 6.04 Å². The van der Waals surface area contributed by atoms with Crippen molar-refractivity contribution in [1.82, 2.24) is 5.32 Å². The van der Waals surface area contributed by atoms with Crippen LogP contribution in [-0.2, 0) is 6.42 Å². The van der Waals surface area contributed by atoms with Gasteiger partial charge in [0.05, 0.1) is 6.04 Å². The second-order valence-corrected chi connectivity index (χ2v) is 4.73. The van der Waals surface area contributed by atoms with E-state index in [0.717, 1.165) is 12.0 Å². The third-order valence-electron chi connectivity index (χ3n) is 3.03. The Morgan fingerprint density at radius 1 is 1.42 bits per heavy atom. The van der Waals surface area contributed by atoms with Crippen molar-refractivity contribution in [2.24, 2.45) is 16.8 Å². The number of nitrogens with two attached hydrogens (primary N) is 1. The molecule has 1 unspecified atom stereocenters. The lowest BCUT2D eigenvalue weighted by Crippen LogP contribution is -2.48. The topological polar surface area (TPSA) is 87.7 Å². The number of benzene rings is 1. The Morgan fingerprint density at radius 3 is 2.58 bits per heavy atom. The highest BCUT2D eigenvalue weighted by Gasteiger charge is 2.22. The van der Waals surface area contributed by atoms with Gasteiger partial charge in [0.25, 0.3) is 5.91 Å². The molecular weight excluding hydrogens is 242 g/mol. The van der Waals surface area contributed by atoms with Crippen LogP contribution in [0.1, 0.15) is 36.7 Å². The van der Waals surface area contributed by atoms with E-state index in [2.05, 4.69) is 10.5 Å². The minimum absolute atomic E-state index is 0.0114. The first kappa shape index (κ1) is 15.0. The quantitative estimate of drug-likeness (QED) is 0.327. The number of nitrogens with one attached hydrogen (secondary N) is 1. The minimum atomic E-state index is -0.484. The number of amidine groups is 1. The highest BCUT2D eigenvalue weighted by atomic mass is 16.4. The van der Waals surface area contributed by atoms with E-state index in [1.165, 1.54) is 0 Å². The fourth-order valence-electron chi connectivity index (χ4n) is 1.91. The minimum Gasteiger partial charge on any atom is -0.409 e. The molecule has 19 heavy (non-hydrogen) atoms. The molecule has 0 bridgehead atoms. The van der Waals surface area contributed by atoms with Crippen LogP contribution in [0.4, 0.5) is 0 Å². The molecule has 0 aromatic heterocycles. The SMILES string of the molecule is CCc1ccccc1C(=O)NC(/C(N)=N/O)C(C)C. The molecular formula is C14H21N3O2. The van der Waals surface area contributed by atoms with Crippen molar-refractivity contribution >= 4 is 11.7 Å². The summed E-state index contributed by atoms with van der Waals surface area (Å²) in [5.74, 6) is -0.159. The van der Waals surface area contributed by atoms with Gasteiger partial charge in [-0.1, -0.05) is 44.1 Å². The average molecular weight is 263 g/mol. The third-order valence-corrected chi connectivity index (χ3v) is 3.03. The van der Waals surface area contributed by atoms with Gasteiger partial charge < -0.3 is 16.3 Å². The zero-order valence-corrected chi connectivity index (χ0v) is 11.6. The summed E-state index contributed by atoms with van der Waals surface area (Å²) in [6.07, 6.45) is 0.777. The summed E-state index contributed by atoms with van der Waals surface area (Å²) in [4.78, 5) is 12.3. The lowest BCUT2D eigenvalue weighted by molar-refractivity contribution is 0.0938. The molecule has 0 spiro atoms. The van der Waals surface area contributed by atoms with Gasteiger partial charge in [0.2, 0.25) is 0 Å². The Kier molecular flexibility index (Phi) is 5.36. The van der Waals surface area contributed by atoms with E-state index >= 15 is 0 Å². The van der Waals surface area contributed by atoms with Gasteiger partial charge >= 0.3 is 0 Å². The summed E-state index contributed by atoms with van der Waals surface area (Å²) in [6, 6.07) is 6.93. The Hall–Kier alpha value is -2.04. The van der Waals surface area contributed by atoms with Crippen LogP contribution in [-0.4, -0.2) is 23.0 Å². The molecule has 1 aromatic rings. The number of aryl methyl sites for hydroxylation is 1. The number of hydrogen-bond donors (Lipinski definition) is 3. The van der Waals surface area contributed by atoms with Crippen LogP contribution in [0.25, 0.3) is 0 Å². The second-order valence-electron chi connectivity index (χ2n) is 4.73. The molecule has 5 heteroatoms. The first-order valence-corrected chi connectivity index (χ1v) is 6.37. The third kappa shape index (κ3) is 3.71. The molecule has 5 nitrogen and oxygen atoms in total. The smallest absolute Gasteiger partial charge is 0.252 e. The molecule has 1 rings (SSSR count). The van der Waals surface area contributed by atoms with Crippen molar-refractivity contribution in [3.8, 4) is 0 Å². The van der Waals surface area contributed by atoms with Crippen molar-refractivity contribution in [2.75, 3.05) is 0 Å². The van der Waals surface area contributed by atoms with Crippen LogP contribution in [0, 0.1) is 5.92 Å². The second kappa shape index (κ2) is 6.78. The van der Waals surface area contributed by atoms with Gasteiger partial charge in [0.15, 0.2) is 5.84 Å². The molecule has 0 saturated carbocycles. The number of amides is 1. The predicted molar refractivity (Wildman–Crippen MR) is 75.3 cm³/mol. The summed E-state index contributed by atoms with van der Waals surface area (Å²) in [5, 5.41) is 14.5. The molecule has 0 aliphatic heterocycles. The first-order valence-electron chi connectivity index (χ1n) is 6.37. The van der Waals surface area contributed by atoms with Crippen molar-refractivity contribution in [2.45, 2.75) is 33.2 Å². The average Bonchev–Trinajstić information content (AvgIpc) is 2.43. The number of oxime groups is 1. The first-order chi connectivity index (χ1) is 9.01. The Bertz CT molecular complexity index is 470. The number of carbonyl (C=O) groups excluding carboxylic acids is 1. The van der Waals surface area contributed by atoms with Gasteiger partial charge in [-0.2, -0.15) is 0 Å². The van der Waals surface area contributed by atoms with Gasteiger partial charge in [-0.25, -0.2) is 0 Å². The Labute approximate surface area is 113 Å². The van der Waals surface area contributed by atoms with Gasteiger partial charge in [0.1, 0.15) is 0 Å². The normalized spacial score (nSPS) is 13.4. The molecule has 1 aromatic carbocycles. The summed E-state index contributed by atoms with van der Waals surface area (Å²) in [5.41, 5.74) is 7.20. The van der Waals surface area contributed by atoms with Gasteiger partial charge in [-0.15, -0.1) is 0 Å². The number of rotatable bonds is 5. The lowest BCUT2D eigenvalue weighted by Gasteiger charge is -2.21. The number of carbonyl (C=O) groups is 1. The maximum Gasteiger partial charge on any atom is 0.252 e. The van der Waals surface area contributed by atoms with E-state index in [1.54, 1.807) is 6.07 Å². The van der Waals surface area contributed by atoms with Gasteiger partial charge in [-0.3, -0.25) is 4.79 Å². The van der Waals surface area contributed by atoms with E-state index in [1.807, 2.05) is 39.0 Å². The number of nitrogens with zero attached hydrogens (tertiary/aromatic N) is 1. The molecule has 1 atom stereocenters. The van der Waals surface area contributed by atoms with Crippen LogP contribution >= 0.6 is 0 Å². The molecule has 1 amide bonds. The number of hydrogen-bond acceptors (Lipinski definition) is 3. The largest absolute Gasteiger partial charge is 0.409 e. The fraction of sp³-hybridized carbons (Fsp3) is 0.429. The van der Waals surface area contributed by atoms with Crippen molar-refractivity contribution < 1.29 is 10.0 Å². The summed E-state index contributed by atoms with van der Waals surface area (Å²) in [7, 11) is 0. The maximum absolute atomic E-state index is 12.3. The van der Waals surface area contributed by atoms with E-state index in [-0.39, 0.29) is 17.7 Å². The van der Waals surface area contributed by atoms with Crippen LogP contribution in [0.5, 0.6) is 0 Å². The zero-order chi connectivity index (χ0) is 14.4.